The Morgan fingerprint density at radius 3 is 3.00 bits per heavy atom. The highest BCUT2D eigenvalue weighted by Gasteiger charge is 2.24. The number of rotatable bonds is 5. The molecule has 0 amide bonds. The van der Waals surface area contributed by atoms with Crippen LogP contribution < -0.4 is 5.32 Å². The van der Waals surface area contributed by atoms with E-state index in [0.29, 0.717) is 6.61 Å². The van der Waals surface area contributed by atoms with Crippen LogP contribution in [0.25, 0.3) is 11.3 Å². The van der Waals surface area contributed by atoms with Crippen molar-refractivity contribution >= 4 is 22.7 Å². The quantitative estimate of drug-likeness (QED) is 0.780. The second kappa shape index (κ2) is 6.29. The van der Waals surface area contributed by atoms with Gasteiger partial charge in [0.1, 0.15) is 5.69 Å². The average Bonchev–Trinajstić information content (AvgIpc) is 3.28. The average molecular weight is 332 g/mol. The van der Waals surface area contributed by atoms with Gasteiger partial charge in [-0.3, -0.25) is 0 Å². The maximum atomic E-state index is 5.96. The van der Waals surface area contributed by atoms with Crippen molar-refractivity contribution in [2.75, 3.05) is 6.54 Å². The van der Waals surface area contributed by atoms with Gasteiger partial charge < -0.3 is 10.1 Å². The minimum atomic E-state index is 0.142. The standard InChI is InChI=1S/C15H16N4OS2/c1-3-21-9-11(1)5-16-6-13-7-19-14(8-20-13)15(17-18-19)12-2-4-22-10-12/h1-4,9-10,13,16H,5-8H2/t13-/m0/s1. The van der Waals surface area contributed by atoms with Gasteiger partial charge in [-0.15, -0.1) is 5.10 Å². The second-order valence-electron chi connectivity index (χ2n) is 5.27. The Morgan fingerprint density at radius 1 is 1.27 bits per heavy atom. The van der Waals surface area contributed by atoms with Gasteiger partial charge in [-0.2, -0.15) is 22.7 Å². The summed E-state index contributed by atoms with van der Waals surface area (Å²) in [6.45, 7) is 3.03. The van der Waals surface area contributed by atoms with Gasteiger partial charge in [0.05, 0.1) is 24.9 Å². The van der Waals surface area contributed by atoms with Gasteiger partial charge in [0.2, 0.25) is 0 Å². The van der Waals surface area contributed by atoms with Gasteiger partial charge in [0.25, 0.3) is 0 Å². The fraction of sp³-hybridized carbons (Fsp3) is 0.333. The highest BCUT2D eigenvalue weighted by molar-refractivity contribution is 7.08. The van der Waals surface area contributed by atoms with Crippen molar-refractivity contribution in [3.8, 4) is 11.3 Å². The molecule has 1 aliphatic heterocycles. The molecule has 4 rings (SSSR count). The lowest BCUT2D eigenvalue weighted by Gasteiger charge is -2.24. The molecular formula is C15H16N4OS2. The molecule has 1 N–H and O–H groups in total. The number of nitrogens with zero attached hydrogens (tertiary/aromatic N) is 3. The van der Waals surface area contributed by atoms with Crippen molar-refractivity contribution < 1.29 is 4.74 Å². The molecule has 22 heavy (non-hydrogen) atoms. The summed E-state index contributed by atoms with van der Waals surface area (Å²) in [5.41, 5.74) is 4.48. The number of hydrogen-bond acceptors (Lipinski definition) is 6. The lowest BCUT2D eigenvalue weighted by molar-refractivity contribution is 0.00126. The van der Waals surface area contributed by atoms with E-state index in [9.17, 15) is 0 Å². The van der Waals surface area contributed by atoms with Gasteiger partial charge in [0.15, 0.2) is 0 Å². The van der Waals surface area contributed by atoms with Crippen LogP contribution in [0.1, 0.15) is 11.3 Å². The van der Waals surface area contributed by atoms with Crippen LogP contribution in [0, 0.1) is 0 Å². The molecule has 3 aromatic heterocycles. The summed E-state index contributed by atoms with van der Waals surface area (Å²) < 4.78 is 7.94. The largest absolute Gasteiger partial charge is 0.369 e. The van der Waals surface area contributed by atoms with E-state index in [4.69, 9.17) is 4.74 Å². The SMILES string of the molecule is c1cc(CNC[C@H]2Cn3nnc(-c4ccsc4)c3CO2)cs1. The Labute approximate surface area is 136 Å². The Morgan fingerprint density at radius 2 is 2.18 bits per heavy atom. The zero-order valence-electron chi connectivity index (χ0n) is 11.9. The Balaban J connectivity index is 1.38. The maximum absolute atomic E-state index is 5.96. The zero-order valence-corrected chi connectivity index (χ0v) is 13.6. The molecule has 0 unspecified atom stereocenters. The van der Waals surface area contributed by atoms with Crippen molar-refractivity contribution in [3.63, 3.8) is 0 Å². The van der Waals surface area contributed by atoms with E-state index in [0.717, 1.165) is 36.6 Å². The Hall–Kier alpha value is -1.54. The molecule has 1 atom stereocenters. The van der Waals surface area contributed by atoms with Gasteiger partial charge in [-0.25, -0.2) is 4.68 Å². The van der Waals surface area contributed by atoms with E-state index < -0.39 is 0 Å². The van der Waals surface area contributed by atoms with Crippen LogP contribution in [0.3, 0.4) is 0 Å². The molecule has 0 aliphatic carbocycles. The summed E-state index contributed by atoms with van der Waals surface area (Å²) in [6.07, 6.45) is 0.142. The Kier molecular flexibility index (Phi) is 4.03. The number of hydrogen-bond donors (Lipinski definition) is 1. The van der Waals surface area contributed by atoms with Gasteiger partial charge >= 0.3 is 0 Å². The second-order valence-corrected chi connectivity index (χ2v) is 6.83. The van der Waals surface area contributed by atoms with Crippen molar-refractivity contribution in [2.24, 2.45) is 0 Å². The first-order chi connectivity index (χ1) is 10.9. The van der Waals surface area contributed by atoms with Crippen LogP contribution in [-0.4, -0.2) is 27.6 Å². The highest BCUT2D eigenvalue weighted by Crippen LogP contribution is 2.26. The van der Waals surface area contributed by atoms with Gasteiger partial charge in [-0.1, -0.05) is 5.21 Å². The van der Waals surface area contributed by atoms with Gasteiger partial charge in [0, 0.05) is 24.0 Å². The van der Waals surface area contributed by atoms with Crippen molar-refractivity contribution in [1.29, 1.82) is 0 Å². The van der Waals surface area contributed by atoms with Crippen LogP contribution in [0.5, 0.6) is 0 Å². The molecule has 3 aromatic rings. The molecule has 0 radical (unpaired) electrons. The number of thiophene rings is 2. The molecule has 4 heterocycles. The zero-order chi connectivity index (χ0) is 14.8. The van der Waals surface area contributed by atoms with Crippen LogP contribution in [0.15, 0.2) is 33.7 Å². The lowest BCUT2D eigenvalue weighted by atomic mass is 10.2. The number of ether oxygens (including phenoxy) is 1. The molecular weight excluding hydrogens is 316 g/mol. The maximum Gasteiger partial charge on any atom is 0.119 e. The van der Waals surface area contributed by atoms with E-state index in [1.165, 1.54) is 5.56 Å². The smallest absolute Gasteiger partial charge is 0.119 e. The van der Waals surface area contributed by atoms with Crippen LogP contribution in [0.2, 0.25) is 0 Å². The van der Waals surface area contributed by atoms with Crippen molar-refractivity contribution in [3.05, 3.63) is 44.9 Å². The Bertz CT molecular complexity index is 721. The third kappa shape index (κ3) is 2.85. The van der Waals surface area contributed by atoms with Crippen molar-refractivity contribution in [1.82, 2.24) is 20.3 Å². The van der Waals surface area contributed by atoms with E-state index in [1.807, 2.05) is 4.68 Å². The van der Waals surface area contributed by atoms with Gasteiger partial charge in [-0.05, 0) is 33.8 Å². The molecule has 0 saturated heterocycles. The molecule has 0 aromatic carbocycles. The summed E-state index contributed by atoms with van der Waals surface area (Å²) in [4.78, 5) is 0. The highest BCUT2D eigenvalue weighted by atomic mass is 32.1. The lowest BCUT2D eigenvalue weighted by Crippen LogP contribution is -2.36. The number of fused-ring (bicyclic) bond motifs is 1. The first kappa shape index (κ1) is 14.1. The summed E-state index contributed by atoms with van der Waals surface area (Å²) >= 11 is 3.40. The summed E-state index contributed by atoms with van der Waals surface area (Å²) in [5, 5.41) is 20.5. The fourth-order valence-corrected chi connectivity index (χ4v) is 3.89. The molecule has 7 heteroatoms. The minimum Gasteiger partial charge on any atom is -0.369 e. The summed E-state index contributed by atoms with van der Waals surface area (Å²) in [6, 6.07) is 4.21. The predicted molar refractivity (Wildman–Crippen MR) is 87.9 cm³/mol. The molecule has 0 bridgehead atoms. The first-order valence-electron chi connectivity index (χ1n) is 7.18. The van der Waals surface area contributed by atoms with E-state index in [1.54, 1.807) is 22.7 Å². The third-order valence-corrected chi connectivity index (χ3v) is 5.16. The van der Waals surface area contributed by atoms with E-state index >= 15 is 0 Å². The molecule has 0 spiro atoms. The van der Waals surface area contributed by atoms with Crippen LogP contribution >= 0.6 is 22.7 Å². The van der Waals surface area contributed by atoms with Crippen LogP contribution in [-0.2, 0) is 24.4 Å². The topological polar surface area (TPSA) is 52.0 Å². The van der Waals surface area contributed by atoms with Crippen molar-refractivity contribution in [2.45, 2.75) is 25.8 Å². The molecule has 0 fully saturated rings. The van der Waals surface area contributed by atoms with E-state index in [2.05, 4.69) is 49.3 Å². The molecule has 0 saturated carbocycles. The number of nitrogens with one attached hydrogen (secondary N) is 1. The summed E-state index contributed by atoms with van der Waals surface area (Å²) in [7, 11) is 0. The summed E-state index contributed by atoms with van der Waals surface area (Å²) in [5.74, 6) is 0. The molecule has 5 nitrogen and oxygen atoms in total. The minimum absolute atomic E-state index is 0.142. The molecule has 1 aliphatic rings. The molecule has 114 valence electrons. The van der Waals surface area contributed by atoms with Crippen LogP contribution in [0.4, 0.5) is 0 Å². The fourth-order valence-electron chi connectivity index (χ4n) is 2.58. The first-order valence-corrected chi connectivity index (χ1v) is 9.07. The normalized spacial score (nSPS) is 17.5. The predicted octanol–water partition coefficient (Wildman–Crippen LogP) is 2.76. The number of aromatic nitrogens is 3. The monoisotopic (exact) mass is 332 g/mol. The van der Waals surface area contributed by atoms with E-state index in [-0.39, 0.29) is 6.10 Å². The third-order valence-electron chi connectivity index (χ3n) is 3.75.